The number of hydrogen-bond donors (Lipinski definition) is 1. The summed E-state index contributed by atoms with van der Waals surface area (Å²) >= 11 is 6.08. The minimum absolute atomic E-state index is 0.211. The highest BCUT2D eigenvalue weighted by molar-refractivity contribution is 6.30. The van der Waals surface area contributed by atoms with Crippen molar-refractivity contribution in [1.82, 2.24) is 0 Å². The van der Waals surface area contributed by atoms with Crippen LogP contribution in [0.3, 0.4) is 0 Å². The molecule has 14 rings (SSSR count). The van der Waals surface area contributed by atoms with Gasteiger partial charge >= 0.3 is 0 Å². The number of carbonyl (C=O) groups excluding carboxylic acids is 1. The Bertz CT molecular complexity index is 3630. The van der Waals surface area contributed by atoms with Crippen LogP contribution >= 0.6 is 11.6 Å². The van der Waals surface area contributed by atoms with E-state index < -0.39 is 0 Å². The normalized spacial score (nSPS) is 24.3. The van der Waals surface area contributed by atoms with Crippen molar-refractivity contribution >= 4 is 17.4 Å². The Morgan fingerprint density at radius 3 is 1.34 bits per heavy atom. The lowest BCUT2D eigenvalue weighted by Gasteiger charge is -2.22. The van der Waals surface area contributed by atoms with Gasteiger partial charge < -0.3 is 5.11 Å². The fraction of sp³-hybridized carbons (Fsp3) is 0.543. The molecule has 0 saturated heterocycles. The summed E-state index contributed by atoms with van der Waals surface area (Å²) in [4.78, 5) is 11.6. The third-order valence-corrected chi connectivity index (χ3v) is 24.5. The molecule has 0 fully saturated rings. The quantitative estimate of drug-likeness (QED) is 0.148. The van der Waals surface area contributed by atoms with Crippen LogP contribution in [0.25, 0.3) is 0 Å². The summed E-state index contributed by atoms with van der Waals surface area (Å²) in [6.07, 6.45) is 11.2. The first-order chi connectivity index (χ1) is 46.0. The maximum atomic E-state index is 11.6. The maximum absolute atomic E-state index is 11.6. The van der Waals surface area contributed by atoms with Crippen LogP contribution in [-0.2, 0) is 47.7 Å². The lowest BCUT2D eigenvalue weighted by Crippen LogP contribution is -2.20. The number of fused-ring (bicyclic) bond motifs is 7. The van der Waals surface area contributed by atoms with Crippen molar-refractivity contribution in [3.05, 3.63) is 247 Å². The predicted octanol–water partition coefficient (Wildman–Crippen LogP) is 25.6. The summed E-state index contributed by atoms with van der Waals surface area (Å²) in [5.74, 6) is 12.6. The van der Waals surface area contributed by atoms with E-state index in [1.54, 1.807) is 51.4 Å². The molecule has 0 bridgehead atoms. The van der Waals surface area contributed by atoms with Gasteiger partial charge in [0.05, 0.1) is 6.61 Å². The first kappa shape index (κ1) is 77.2. The molecule has 0 radical (unpaired) electrons. The molecule has 0 spiro atoms. The molecule has 97 heavy (non-hydrogen) atoms. The molecule has 0 aliphatic heterocycles. The van der Waals surface area contributed by atoms with E-state index in [0.717, 1.165) is 77.0 Å². The monoisotopic (exact) mass is 1320 g/mol. The highest BCUT2D eigenvalue weighted by atomic mass is 35.5. The third kappa shape index (κ3) is 18.3. The number of halogens is 1. The van der Waals surface area contributed by atoms with Gasteiger partial charge in [-0.15, -0.1) is 0 Å². The Morgan fingerprint density at radius 1 is 0.443 bits per heavy atom. The second-order valence-corrected chi connectivity index (χ2v) is 34.7. The standard InChI is InChI=1S/C14H19Cl.C14H18O.2C14H20.C13H18O.C13H18.C12H16/c1-9(2)12-8-14(3,4)13-7-10(15)5-6-11(12)13;1-9(2)14-12-7-5-4-6-11(12)8-13(14)10(3)15;1-10(2)12-9-14(3,4)13-8-6-5-7-11(12)13;1-4-11-9-12-7-5-6-8-13(12)14(11)10(2)3;1-9(2)12-7-10-5-3-4-6-11(10)13(12)8-14;1-9(2)13-10(3)8-11-6-4-5-7-12(11)13;1-9(2)11-8-7-10-5-3-4-6-12(10)11/h5-7,9,12H,8H2,1-4H3;4-7,9,13-14H,8H2,1-3H3;5-8,10,12H,9H2,1-4H3;5-8,10-11,14H,4,9H2,1-3H3;3-6,9,12-14H,7-8H2,1-2H3;4-7,9-10,13H,8H2,1-3H3;3-6,9,11H,7-8H2,1-2H3/t12-;13-,14-;12-;11-,14-;12-,13-;10-,13-;11-/m1110101/s1. The molecule has 11 atom stereocenters. The number of aliphatic hydroxyl groups is 1. The summed E-state index contributed by atoms with van der Waals surface area (Å²) in [5, 5.41) is 10.3. The first-order valence-corrected chi connectivity index (χ1v) is 38.8. The van der Waals surface area contributed by atoms with Gasteiger partial charge in [-0.05, 0) is 254 Å². The van der Waals surface area contributed by atoms with E-state index in [-0.39, 0.29) is 11.3 Å². The van der Waals surface area contributed by atoms with Crippen LogP contribution in [0, 0.1) is 65.1 Å². The molecule has 0 heterocycles. The Labute approximate surface area is 597 Å². The van der Waals surface area contributed by atoms with E-state index in [1.165, 1.54) is 78.3 Å². The largest absolute Gasteiger partial charge is 0.396 e. The predicted molar refractivity (Wildman–Crippen MR) is 419 cm³/mol. The van der Waals surface area contributed by atoms with Crippen molar-refractivity contribution in [2.45, 2.75) is 255 Å². The van der Waals surface area contributed by atoms with Crippen molar-refractivity contribution < 1.29 is 9.90 Å². The summed E-state index contributed by atoms with van der Waals surface area (Å²) in [6.45, 7) is 48.4. The van der Waals surface area contributed by atoms with Crippen LogP contribution < -0.4 is 0 Å². The average molecular weight is 1330 g/mol. The number of rotatable bonds is 10. The summed E-state index contributed by atoms with van der Waals surface area (Å²) in [6, 6.07) is 59.2. The third-order valence-electron chi connectivity index (χ3n) is 24.2. The van der Waals surface area contributed by atoms with Gasteiger partial charge in [-0.25, -0.2) is 0 Å². The van der Waals surface area contributed by atoms with E-state index in [4.69, 9.17) is 11.6 Å². The highest BCUT2D eigenvalue weighted by Gasteiger charge is 2.41. The zero-order chi connectivity index (χ0) is 70.8. The molecule has 7 aromatic carbocycles. The number of Topliss-reactive ketones (excluding diaryl/α,β-unsaturated/α-hetero) is 1. The topological polar surface area (TPSA) is 37.3 Å². The molecular weight excluding hydrogens is 1200 g/mol. The zero-order valence-corrected chi connectivity index (χ0v) is 65.0. The van der Waals surface area contributed by atoms with Gasteiger partial charge in [0.1, 0.15) is 5.78 Å². The lowest BCUT2D eigenvalue weighted by molar-refractivity contribution is -0.121. The van der Waals surface area contributed by atoms with E-state index in [2.05, 4.69) is 296 Å². The summed E-state index contributed by atoms with van der Waals surface area (Å²) < 4.78 is 0. The van der Waals surface area contributed by atoms with Gasteiger partial charge in [0.2, 0.25) is 0 Å². The highest BCUT2D eigenvalue weighted by Crippen LogP contribution is 2.52. The lowest BCUT2D eigenvalue weighted by atomic mass is 9.81. The van der Waals surface area contributed by atoms with Crippen LogP contribution in [-0.4, -0.2) is 17.5 Å². The Kier molecular flexibility index (Phi) is 27.2. The molecule has 0 unspecified atom stereocenters. The molecule has 7 aromatic rings. The van der Waals surface area contributed by atoms with Crippen molar-refractivity contribution in [2.75, 3.05) is 6.61 Å². The first-order valence-electron chi connectivity index (χ1n) is 38.4. The second kappa shape index (κ2) is 34.2. The molecule has 2 nitrogen and oxygen atoms in total. The van der Waals surface area contributed by atoms with E-state index in [9.17, 15) is 9.90 Å². The molecule has 1 N–H and O–H groups in total. The van der Waals surface area contributed by atoms with Crippen LogP contribution in [0.1, 0.15) is 290 Å². The number of benzene rings is 7. The van der Waals surface area contributed by atoms with Gasteiger partial charge in [-0.3, -0.25) is 4.79 Å². The van der Waals surface area contributed by atoms with Gasteiger partial charge in [0, 0.05) is 16.9 Å². The number of aryl methyl sites for hydroxylation is 1. The molecule has 7 aliphatic rings. The smallest absolute Gasteiger partial charge is 0.133 e. The maximum Gasteiger partial charge on any atom is 0.133 e. The van der Waals surface area contributed by atoms with Crippen LogP contribution in [0.15, 0.2) is 164 Å². The minimum atomic E-state index is 0.211. The van der Waals surface area contributed by atoms with Crippen LogP contribution in [0.5, 0.6) is 0 Å². The van der Waals surface area contributed by atoms with Crippen molar-refractivity contribution in [3.8, 4) is 0 Å². The van der Waals surface area contributed by atoms with Gasteiger partial charge in [-0.1, -0.05) is 308 Å². The fourth-order valence-electron chi connectivity index (χ4n) is 19.2. The minimum Gasteiger partial charge on any atom is -0.396 e. The van der Waals surface area contributed by atoms with E-state index in [0.29, 0.717) is 59.2 Å². The van der Waals surface area contributed by atoms with E-state index in [1.807, 2.05) is 6.07 Å². The molecule has 0 amide bonds. The molecule has 0 aromatic heterocycles. The SMILES string of the molecule is CC(=O)[C@H]1Cc2ccccc2[C@H]1C(C)C.CC(C)[C@@H]1c2ccccc2C[C@@H]1C.CC(C)[C@H]1CC(C)(C)c2cc(Cl)ccc21.CC(C)[C@H]1CC(C)(C)c2ccccc21.CC(C)[C@H]1CCc2ccccc21.CC(C)[C@H]1Cc2ccccc2[C@H]1CO.CC[C@H]1Cc2ccccc2[C@H]1C(C)C. The number of hydrogen-bond acceptors (Lipinski definition) is 2. The molecular formula is C94H129ClO2. The Balaban J connectivity index is 0.000000145. The van der Waals surface area contributed by atoms with Crippen LogP contribution in [0.2, 0.25) is 5.02 Å². The average Bonchev–Trinajstić information content (AvgIpc) is 1.64. The van der Waals surface area contributed by atoms with Gasteiger partial charge in [-0.2, -0.15) is 0 Å². The molecule has 524 valence electrons. The van der Waals surface area contributed by atoms with Crippen molar-refractivity contribution in [3.63, 3.8) is 0 Å². The van der Waals surface area contributed by atoms with Gasteiger partial charge in [0.15, 0.2) is 0 Å². The van der Waals surface area contributed by atoms with Gasteiger partial charge in [0.25, 0.3) is 0 Å². The van der Waals surface area contributed by atoms with E-state index >= 15 is 0 Å². The Hall–Kier alpha value is -5.54. The fourth-order valence-corrected chi connectivity index (χ4v) is 19.4. The molecule has 7 aliphatic carbocycles. The number of carbonyl (C=O) groups is 1. The summed E-state index contributed by atoms with van der Waals surface area (Å²) in [7, 11) is 0. The number of aliphatic hydroxyl groups excluding tert-OH is 1. The zero-order valence-electron chi connectivity index (χ0n) is 64.3. The molecule has 3 heteroatoms. The second-order valence-electron chi connectivity index (χ2n) is 34.3. The summed E-state index contributed by atoms with van der Waals surface area (Å²) in [5.41, 5.74) is 21.9. The molecule has 0 saturated carbocycles. The van der Waals surface area contributed by atoms with Crippen LogP contribution in [0.4, 0.5) is 0 Å². The number of ketones is 1. The Morgan fingerprint density at radius 2 is 0.856 bits per heavy atom. The van der Waals surface area contributed by atoms with Crippen molar-refractivity contribution in [1.29, 1.82) is 0 Å². The van der Waals surface area contributed by atoms with Crippen molar-refractivity contribution in [2.24, 2.45) is 65.1 Å².